The molecule has 0 fully saturated rings. The SMILES string of the molecule is CC1(C)c2ccccc2-c2c(-c3c4ccccc4c(-c4c5ccccc5nc5ccccc45)c4ccc(-c5ccccc5)cc34)cccc21. The van der Waals surface area contributed by atoms with Crippen molar-refractivity contribution < 1.29 is 0 Å². The van der Waals surface area contributed by atoms with E-state index in [1.807, 2.05) is 0 Å². The van der Waals surface area contributed by atoms with E-state index in [0.717, 1.165) is 11.0 Å². The molecule has 9 aromatic rings. The number of rotatable bonds is 3. The minimum absolute atomic E-state index is 0.0858. The number of para-hydroxylation sites is 2. The number of pyridine rings is 1. The Hall–Kier alpha value is -6.05. The summed E-state index contributed by atoms with van der Waals surface area (Å²) in [6.07, 6.45) is 0. The van der Waals surface area contributed by atoms with Crippen LogP contribution in [0.3, 0.4) is 0 Å². The van der Waals surface area contributed by atoms with Crippen LogP contribution >= 0.6 is 0 Å². The van der Waals surface area contributed by atoms with E-state index < -0.39 is 0 Å². The monoisotopic (exact) mass is 623 g/mol. The molecule has 0 unspecified atom stereocenters. The van der Waals surface area contributed by atoms with Gasteiger partial charge in [0.25, 0.3) is 0 Å². The zero-order valence-electron chi connectivity index (χ0n) is 27.5. The maximum absolute atomic E-state index is 5.12. The van der Waals surface area contributed by atoms with Crippen molar-refractivity contribution in [2.24, 2.45) is 0 Å². The standard InChI is InChI=1S/C48H33N/c1-48(2)40-23-11-8-19-35(40)45-38(22-14-24-41(45)48)44-32-17-6-7-18-33(32)46(34-28-27-31(29-39(34)44)30-15-4-3-5-16-30)47-36-20-9-12-25-42(36)49-43-26-13-10-21-37(43)47/h3-29H,1-2H3. The van der Waals surface area contributed by atoms with E-state index in [1.165, 1.54) is 88.0 Å². The predicted octanol–water partition coefficient (Wildman–Crippen LogP) is 13.0. The average Bonchev–Trinajstić information content (AvgIpc) is 3.39. The summed E-state index contributed by atoms with van der Waals surface area (Å²) < 4.78 is 0. The van der Waals surface area contributed by atoms with Gasteiger partial charge in [0.2, 0.25) is 0 Å². The second-order valence-corrected chi connectivity index (χ2v) is 13.8. The molecule has 0 spiro atoms. The van der Waals surface area contributed by atoms with Crippen molar-refractivity contribution in [2.45, 2.75) is 19.3 Å². The first-order valence-electron chi connectivity index (χ1n) is 17.1. The van der Waals surface area contributed by atoms with Crippen molar-refractivity contribution in [3.05, 3.63) is 175 Å². The Morgan fingerprint density at radius 3 is 1.61 bits per heavy atom. The molecule has 0 N–H and O–H groups in total. The zero-order valence-corrected chi connectivity index (χ0v) is 27.5. The summed E-state index contributed by atoms with van der Waals surface area (Å²) in [5.41, 5.74) is 14.9. The highest BCUT2D eigenvalue weighted by Crippen LogP contribution is 2.55. The third kappa shape index (κ3) is 4.03. The topological polar surface area (TPSA) is 12.9 Å². The maximum Gasteiger partial charge on any atom is 0.0715 e. The lowest BCUT2D eigenvalue weighted by atomic mass is 9.80. The van der Waals surface area contributed by atoms with E-state index in [1.54, 1.807) is 0 Å². The van der Waals surface area contributed by atoms with Crippen LogP contribution in [0.5, 0.6) is 0 Å². The highest BCUT2D eigenvalue weighted by molar-refractivity contribution is 6.27. The molecule has 1 nitrogen and oxygen atoms in total. The van der Waals surface area contributed by atoms with E-state index >= 15 is 0 Å². The fourth-order valence-electron chi connectivity index (χ4n) is 8.62. The first-order valence-corrected chi connectivity index (χ1v) is 17.1. The van der Waals surface area contributed by atoms with Crippen LogP contribution in [0.4, 0.5) is 0 Å². The number of hydrogen-bond donors (Lipinski definition) is 0. The Labute approximate surface area is 286 Å². The Kier molecular flexibility index (Phi) is 5.99. The highest BCUT2D eigenvalue weighted by atomic mass is 14.7. The van der Waals surface area contributed by atoms with E-state index in [0.29, 0.717) is 0 Å². The molecule has 8 aromatic carbocycles. The summed E-state index contributed by atoms with van der Waals surface area (Å²) in [7, 11) is 0. The van der Waals surface area contributed by atoms with Gasteiger partial charge < -0.3 is 0 Å². The van der Waals surface area contributed by atoms with Crippen molar-refractivity contribution in [3.8, 4) is 44.5 Å². The Morgan fingerprint density at radius 2 is 0.878 bits per heavy atom. The lowest BCUT2D eigenvalue weighted by Gasteiger charge is -2.23. The summed E-state index contributed by atoms with van der Waals surface area (Å²) >= 11 is 0. The highest BCUT2D eigenvalue weighted by Gasteiger charge is 2.37. The van der Waals surface area contributed by atoms with Gasteiger partial charge in [0.05, 0.1) is 11.0 Å². The van der Waals surface area contributed by atoms with Gasteiger partial charge >= 0.3 is 0 Å². The van der Waals surface area contributed by atoms with Gasteiger partial charge in [0, 0.05) is 21.8 Å². The molecule has 0 saturated heterocycles. The van der Waals surface area contributed by atoms with Crippen molar-refractivity contribution in [2.75, 3.05) is 0 Å². The van der Waals surface area contributed by atoms with Crippen LogP contribution in [-0.2, 0) is 5.41 Å². The largest absolute Gasteiger partial charge is 0.248 e. The molecule has 0 bridgehead atoms. The fraction of sp³-hybridized carbons (Fsp3) is 0.0625. The molecule has 49 heavy (non-hydrogen) atoms. The summed E-state index contributed by atoms with van der Waals surface area (Å²) in [4.78, 5) is 5.12. The third-order valence-corrected chi connectivity index (χ3v) is 10.8. The summed E-state index contributed by atoms with van der Waals surface area (Å²) in [5, 5.41) is 7.36. The molecular formula is C48H33N. The van der Waals surface area contributed by atoms with Gasteiger partial charge in [0.1, 0.15) is 0 Å². The van der Waals surface area contributed by atoms with Crippen molar-refractivity contribution >= 4 is 43.4 Å². The van der Waals surface area contributed by atoms with Crippen LogP contribution in [0, 0.1) is 0 Å². The Balaban J connectivity index is 1.42. The summed E-state index contributed by atoms with van der Waals surface area (Å²) in [6, 6.07) is 60.1. The van der Waals surface area contributed by atoms with Crippen molar-refractivity contribution in [1.29, 1.82) is 0 Å². The zero-order chi connectivity index (χ0) is 32.7. The molecule has 1 heteroatoms. The Bertz CT molecular complexity index is 2730. The van der Waals surface area contributed by atoms with Crippen LogP contribution < -0.4 is 0 Å². The number of benzene rings is 8. The first kappa shape index (κ1) is 28.0. The maximum atomic E-state index is 5.12. The van der Waals surface area contributed by atoms with Gasteiger partial charge in [-0.25, -0.2) is 4.98 Å². The van der Waals surface area contributed by atoms with Crippen LogP contribution in [0.2, 0.25) is 0 Å². The number of nitrogens with zero attached hydrogens (tertiary/aromatic N) is 1. The third-order valence-electron chi connectivity index (χ3n) is 10.8. The molecule has 0 radical (unpaired) electrons. The summed E-state index contributed by atoms with van der Waals surface area (Å²) in [6.45, 7) is 4.74. The molecule has 1 aliphatic carbocycles. The van der Waals surface area contributed by atoms with E-state index in [4.69, 9.17) is 4.98 Å². The molecule has 230 valence electrons. The molecule has 10 rings (SSSR count). The quantitative estimate of drug-likeness (QED) is 0.178. The average molecular weight is 624 g/mol. The van der Waals surface area contributed by atoms with Gasteiger partial charge in [-0.2, -0.15) is 0 Å². The van der Waals surface area contributed by atoms with Gasteiger partial charge in [-0.1, -0.05) is 159 Å². The number of aromatic nitrogens is 1. The predicted molar refractivity (Wildman–Crippen MR) is 208 cm³/mol. The minimum Gasteiger partial charge on any atom is -0.248 e. The van der Waals surface area contributed by atoms with E-state index in [2.05, 4.69) is 178 Å². The van der Waals surface area contributed by atoms with Crippen molar-refractivity contribution in [3.63, 3.8) is 0 Å². The molecular weight excluding hydrogens is 591 g/mol. The molecule has 1 aromatic heterocycles. The van der Waals surface area contributed by atoms with Gasteiger partial charge in [0.15, 0.2) is 0 Å². The van der Waals surface area contributed by atoms with Crippen LogP contribution in [0.25, 0.3) is 87.9 Å². The normalized spacial score (nSPS) is 13.3. The van der Waals surface area contributed by atoms with Crippen molar-refractivity contribution in [1.82, 2.24) is 4.98 Å². The van der Waals surface area contributed by atoms with Crippen LogP contribution in [0.1, 0.15) is 25.0 Å². The van der Waals surface area contributed by atoms with E-state index in [-0.39, 0.29) is 5.41 Å². The van der Waals surface area contributed by atoms with Gasteiger partial charge in [-0.15, -0.1) is 0 Å². The van der Waals surface area contributed by atoms with Gasteiger partial charge in [-0.3, -0.25) is 0 Å². The molecule has 0 saturated carbocycles. The molecule has 0 amide bonds. The molecule has 1 aliphatic rings. The molecule has 0 atom stereocenters. The first-order chi connectivity index (χ1) is 24.1. The molecule has 0 aliphatic heterocycles. The van der Waals surface area contributed by atoms with Gasteiger partial charge in [-0.05, 0) is 89.8 Å². The summed E-state index contributed by atoms with van der Waals surface area (Å²) in [5.74, 6) is 0. The number of fused-ring (bicyclic) bond motifs is 7. The second-order valence-electron chi connectivity index (χ2n) is 13.8. The number of hydrogen-bond acceptors (Lipinski definition) is 1. The second kappa shape index (κ2) is 10.5. The lowest BCUT2D eigenvalue weighted by Crippen LogP contribution is -2.14. The fourth-order valence-corrected chi connectivity index (χ4v) is 8.62. The smallest absolute Gasteiger partial charge is 0.0715 e. The Morgan fingerprint density at radius 1 is 0.347 bits per heavy atom. The minimum atomic E-state index is -0.0858. The lowest BCUT2D eigenvalue weighted by molar-refractivity contribution is 0.660. The van der Waals surface area contributed by atoms with E-state index in [9.17, 15) is 0 Å². The van der Waals surface area contributed by atoms with Crippen LogP contribution in [0.15, 0.2) is 164 Å². The van der Waals surface area contributed by atoms with Crippen LogP contribution in [-0.4, -0.2) is 4.98 Å². The molecule has 1 heterocycles.